The quantitative estimate of drug-likeness (QED) is 0.679. The SMILES string of the molecule is O=[N+]([O-])c1ccc(CNCc2cccc3c2OCCO3)cc1. The van der Waals surface area contributed by atoms with Gasteiger partial charge in [0, 0.05) is 30.8 Å². The van der Waals surface area contributed by atoms with E-state index in [4.69, 9.17) is 9.47 Å². The van der Waals surface area contributed by atoms with Crippen molar-refractivity contribution in [2.45, 2.75) is 13.1 Å². The number of ether oxygens (including phenoxy) is 2. The standard InChI is InChI=1S/C16H16N2O4/c19-18(20)14-6-4-12(5-7-14)10-17-11-13-2-1-3-15-16(13)22-9-8-21-15/h1-7,17H,8-11H2. The molecule has 6 heteroatoms. The van der Waals surface area contributed by atoms with Crippen LogP contribution in [0.25, 0.3) is 0 Å². The molecule has 6 nitrogen and oxygen atoms in total. The second kappa shape index (κ2) is 6.44. The summed E-state index contributed by atoms with van der Waals surface area (Å²) in [5, 5.41) is 13.9. The maximum Gasteiger partial charge on any atom is 0.269 e. The summed E-state index contributed by atoms with van der Waals surface area (Å²) in [6.07, 6.45) is 0. The van der Waals surface area contributed by atoms with Crippen molar-refractivity contribution >= 4 is 5.69 Å². The van der Waals surface area contributed by atoms with Crippen LogP contribution in [-0.4, -0.2) is 18.1 Å². The summed E-state index contributed by atoms with van der Waals surface area (Å²) in [6.45, 7) is 2.41. The number of nitrogens with zero attached hydrogens (tertiary/aromatic N) is 1. The normalized spacial score (nSPS) is 12.9. The second-order valence-corrected chi connectivity index (χ2v) is 4.97. The number of hydrogen-bond acceptors (Lipinski definition) is 5. The summed E-state index contributed by atoms with van der Waals surface area (Å²) in [6, 6.07) is 12.4. The molecule has 0 radical (unpaired) electrons. The minimum atomic E-state index is -0.398. The van der Waals surface area contributed by atoms with Gasteiger partial charge in [0.1, 0.15) is 13.2 Å². The van der Waals surface area contributed by atoms with Crippen molar-refractivity contribution < 1.29 is 14.4 Å². The van der Waals surface area contributed by atoms with E-state index in [0.717, 1.165) is 22.6 Å². The zero-order valence-electron chi connectivity index (χ0n) is 12.0. The number of benzene rings is 2. The maximum absolute atomic E-state index is 10.6. The topological polar surface area (TPSA) is 73.6 Å². The second-order valence-electron chi connectivity index (χ2n) is 4.97. The third-order valence-corrected chi connectivity index (χ3v) is 3.44. The van der Waals surface area contributed by atoms with Crippen LogP contribution in [-0.2, 0) is 13.1 Å². The highest BCUT2D eigenvalue weighted by atomic mass is 16.6. The molecule has 0 aromatic heterocycles. The van der Waals surface area contributed by atoms with Crippen molar-refractivity contribution in [2.75, 3.05) is 13.2 Å². The molecule has 0 atom stereocenters. The van der Waals surface area contributed by atoms with Gasteiger partial charge in [-0.15, -0.1) is 0 Å². The molecular formula is C16H16N2O4. The van der Waals surface area contributed by atoms with Crippen molar-refractivity contribution in [3.63, 3.8) is 0 Å². The van der Waals surface area contributed by atoms with Gasteiger partial charge in [-0.1, -0.05) is 24.3 Å². The van der Waals surface area contributed by atoms with Crippen molar-refractivity contribution in [3.05, 3.63) is 63.7 Å². The molecule has 2 aromatic carbocycles. The molecule has 1 aliphatic rings. The van der Waals surface area contributed by atoms with Crippen LogP contribution in [0, 0.1) is 10.1 Å². The fourth-order valence-corrected chi connectivity index (χ4v) is 2.35. The van der Waals surface area contributed by atoms with Gasteiger partial charge in [-0.2, -0.15) is 0 Å². The molecule has 3 rings (SSSR count). The smallest absolute Gasteiger partial charge is 0.269 e. The molecule has 1 heterocycles. The average Bonchev–Trinajstić information content (AvgIpc) is 2.55. The van der Waals surface area contributed by atoms with Crippen LogP contribution in [0.1, 0.15) is 11.1 Å². The summed E-state index contributed by atoms with van der Waals surface area (Å²) in [4.78, 5) is 10.2. The summed E-state index contributed by atoms with van der Waals surface area (Å²) in [5.41, 5.74) is 2.14. The third kappa shape index (κ3) is 3.17. The largest absolute Gasteiger partial charge is 0.486 e. The molecule has 22 heavy (non-hydrogen) atoms. The first-order valence-corrected chi connectivity index (χ1v) is 7.05. The molecular weight excluding hydrogens is 284 g/mol. The Balaban J connectivity index is 1.60. The molecule has 0 fully saturated rings. The zero-order valence-corrected chi connectivity index (χ0v) is 12.0. The zero-order chi connectivity index (χ0) is 15.4. The van der Waals surface area contributed by atoms with Crippen LogP contribution in [0.2, 0.25) is 0 Å². The van der Waals surface area contributed by atoms with Crippen LogP contribution in [0.15, 0.2) is 42.5 Å². The summed E-state index contributed by atoms with van der Waals surface area (Å²) in [7, 11) is 0. The van der Waals surface area contributed by atoms with Gasteiger partial charge in [0.05, 0.1) is 4.92 Å². The first-order valence-electron chi connectivity index (χ1n) is 7.05. The fourth-order valence-electron chi connectivity index (χ4n) is 2.35. The first-order chi connectivity index (χ1) is 10.7. The van der Waals surface area contributed by atoms with E-state index in [1.54, 1.807) is 12.1 Å². The molecule has 2 aromatic rings. The minimum Gasteiger partial charge on any atom is -0.486 e. The lowest BCUT2D eigenvalue weighted by Crippen LogP contribution is -2.19. The molecule has 0 saturated heterocycles. The van der Waals surface area contributed by atoms with E-state index < -0.39 is 4.92 Å². The van der Waals surface area contributed by atoms with Gasteiger partial charge in [-0.3, -0.25) is 10.1 Å². The highest BCUT2D eigenvalue weighted by molar-refractivity contribution is 5.47. The van der Waals surface area contributed by atoms with Gasteiger partial charge in [-0.05, 0) is 11.6 Å². The monoisotopic (exact) mass is 300 g/mol. The van der Waals surface area contributed by atoms with E-state index in [2.05, 4.69) is 5.32 Å². The minimum absolute atomic E-state index is 0.103. The molecule has 0 amide bonds. The molecule has 1 N–H and O–H groups in total. The van der Waals surface area contributed by atoms with Gasteiger partial charge in [-0.25, -0.2) is 0 Å². The lowest BCUT2D eigenvalue weighted by Gasteiger charge is -2.21. The van der Waals surface area contributed by atoms with E-state index >= 15 is 0 Å². The van der Waals surface area contributed by atoms with Crippen molar-refractivity contribution in [2.24, 2.45) is 0 Å². The van der Waals surface area contributed by atoms with Gasteiger partial charge in [0.25, 0.3) is 5.69 Å². The number of fused-ring (bicyclic) bond motifs is 1. The number of non-ortho nitro benzene ring substituents is 1. The van der Waals surface area contributed by atoms with Gasteiger partial charge < -0.3 is 14.8 Å². The Morgan fingerprint density at radius 2 is 1.82 bits per heavy atom. The Labute approximate surface area is 127 Å². The number of nitro benzene ring substituents is 1. The van der Waals surface area contributed by atoms with Gasteiger partial charge >= 0.3 is 0 Å². The Bertz CT molecular complexity index is 670. The lowest BCUT2D eigenvalue weighted by atomic mass is 10.1. The number of hydrogen-bond donors (Lipinski definition) is 1. The highest BCUT2D eigenvalue weighted by Crippen LogP contribution is 2.33. The van der Waals surface area contributed by atoms with Crippen molar-refractivity contribution in [1.82, 2.24) is 5.32 Å². The summed E-state index contributed by atoms with van der Waals surface area (Å²) >= 11 is 0. The Hall–Kier alpha value is -2.60. The van der Waals surface area contributed by atoms with Crippen LogP contribution in [0.3, 0.4) is 0 Å². The van der Waals surface area contributed by atoms with E-state index in [1.807, 2.05) is 18.2 Å². The van der Waals surface area contributed by atoms with Gasteiger partial charge in [0.15, 0.2) is 11.5 Å². The Morgan fingerprint density at radius 1 is 1.05 bits per heavy atom. The maximum atomic E-state index is 10.6. The van der Waals surface area contributed by atoms with Crippen LogP contribution in [0.4, 0.5) is 5.69 Å². The average molecular weight is 300 g/mol. The molecule has 0 aliphatic carbocycles. The predicted octanol–water partition coefficient (Wildman–Crippen LogP) is 2.66. The van der Waals surface area contributed by atoms with Crippen molar-refractivity contribution in [3.8, 4) is 11.5 Å². The highest BCUT2D eigenvalue weighted by Gasteiger charge is 2.15. The molecule has 114 valence electrons. The van der Waals surface area contributed by atoms with Gasteiger partial charge in [0.2, 0.25) is 0 Å². The van der Waals surface area contributed by atoms with Crippen LogP contribution >= 0.6 is 0 Å². The molecule has 0 saturated carbocycles. The van der Waals surface area contributed by atoms with Crippen LogP contribution in [0.5, 0.6) is 11.5 Å². The fraction of sp³-hybridized carbons (Fsp3) is 0.250. The number of nitro groups is 1. The Morgan fingerprint density at radius 3 is 2.59 bits per heavy atom. The van der Waals surface area contributed by atoms with E-state index in [1.165, 1.54) is 12.1 Å². The third-order valence-electron chi connectivity index (χ3n) is 3.44. The van der Waals surface area contributed by atoms with E-state index in [9.17, 15) is 10.1 Å². The number of nitrogens with one attached hydrogen (secondary N) is 1. The summed E-state index contributed by atoms with van der Waals surface area (Å²) in [5.74, 6) is 1.57. The predicted molar refractivity (Wildman–Crippen MR) is 81.1 cm³/mol. The van der Waals surface area contributed by atoms with E-state index in [-0.39, 0.29) is 5.69 Å². The molecule has 0 unspecified atom stereocenters. The number of para-hydroxylation sites is 1. The van der Waals surface area contributed by atoms with E-state index in [0.29, 0.717) is 26.3 Å². The Kier molecular flexibility index (Phi) is 4.20. The first kappa shape index (κ1) is 14.3. The molecule has 1 aliphatic heterocycles. The molecule has 0 spiro atoms. The lowest BCUT2D eigenvalue weighted by molar-refractivity contribution is -0.384. The molecule has 0 bridgehead atoms. The van der Waals surface area contributed by atoms with Crippen molar-refractivity contribution in [1.29, 1.82) is 0 Å². The summed E-state index contributed by atoms with van der Waals surface area (Å²) < 4.78 is 11.2. The van der Waals surface area contributed by atoms with Crippen LogP contribution < -0.4 is 14.8 Å². The number of rotatable bonds is 5.